The summed E-state index contributed by atoms with van der Waals surface area (Å²) in [5.74, 6) is 0. The molecule has 6 nitrogen and oxygen atoms in total. The number of hydrogen-bond donors (Lipinski definition) is 1. The Morgan fingerprint density at radius 1 is 0.460 bits per heavy atom. The normalized spacial score (nSPS) is 11.9. The van der Waals surface area contributed by atoms with Gasteiger partial charge in [0.15, 0.2) is 0 Å². The Labute approximate surface area is 389 Å². The quantitative estimate of drug-likeness (QED) is 0.0369. The summed E-state index contributed by atoms with van der Waals surface area (Å²) in [6, 6.07) is 24.3. The molecule has 0 aliphatic carbocycles. The largest absolute Gasteiger partial charge is 2.00 e. The van der Waals surface area contributed by atoms with Crippen LogP contribution in [0.4, 0.5) is 0 Å². The minimum atomic E-state index is -0.0207. The number of aromatic nitrogens is 4. The van der Waals surface area contributed by atoms with Gasteiger partial charge in [0.05, 0.1) is 29.4 Å². The summed E-state index contributed by atoms with van der Waals surface area (Å²) in [7, 11) is 0. The molecule has 5 aromatic rings. The number of hydrogen-bond acceptors (Lipinski definition) is 4. The Kier molecular flexibility index (Phi) is 18.9. The fourth-order valence-electron chi connectivity index (χ4n) is 9.04. The fourth-order valence-corrected chi connectivity index (χ4v) is 9.04. The maximum atomic E-state index is 11.7. The van der Waals surface area contributed by atoms with Gasteiger partial charge in [-0.15, -0.1) is 22.1 Å². The van der Waals surface area contributed by atoms with Crippen LogP contribution in [0.15, 0.2) is 72.8 Å². The molecule has 0 saturated carbocycles. The Morgan fingerprint density at radius 3 is 1.24 bits per heavy atom. The zero-order valence-corrected chi connectivity index (χ0v) is 41.0. The molecule has 0 amide bonds. The van der Waals surface area contributed by atoms with E-state index in [0.29, 0.717) is 5.56 Å². The second-order valence-electron chi connectivity index (χ2n) is 17.3. The average Bonchev–Trinajstić information content (AvgIpc) is 4.16. The molecule has 7 rings (SSSR count). The number of carbonyl (C=O) groups is 1. The van der Waals surface area contributed by atoms with Crippen molar-refractivity contribution in [2.45, 2.75) is 149 Å². The van der Waals surface area contributed by atoms with Gasteiger partial charge in [-0.3, -0.25) is 4.79 Å². The molecule has 8 bridgehead atoms. The Hall–Kier alpha value is -4.71. The molecular weight excluding hydrogens is 826 g/mol. The summed E-state index contributed by atoms with van der Waals surface area (Å²) in [4.78, 5) is 33.3. The van der Waals surface area contributed by atoms with Gasteiger partial charge >= 0.3 is 19.5 Å². The molecule has 0 atom stereocenters. The number of benzene rings is 2. The number of nitrogens with zero attached hydrogens (tertiary/aromatic N) is 4. The Balaban J connectivity index is 0.00000661. The SMILES string of the molecule is CCCCCCCCCCCc1c2nc(c(CCCCCCCCCCC)c3ccc([n-]3)c(-c3ccc(CO)cc3)c3nc(c(-c4ccc(C=O)cc4)c4ccc1[n-]4)C=C3)C=C2.[Zn+2]. The zero-order chi connectivity index (χ0) is 42.9. The van der Waals surface area contributed by atoms with Gasteiger partial charge in [0.2, 0.25) is 0 Å². The van der Waals surface area contributed by atoms with Gasteiger partial charge in [0.25, 0.3) is 0 Å². The summed E-state index contributed by atoms with van der Waals surface area (Å²) in [5, 5.41) is 9.89. The summed E-state index contributed by atoms with van der Waals surface area (Å²) >= 11 is 0. The van der Waals surface area contributed by atoms with Crippen LogP contribution in [0.25, 0.3) is 68.6 Å². The molecule has 1 N–H and O–H groups in total. The van der Waals surface area contributed by atoms with E-state index in [1.54, 1.807) is 0 Å². The molecule has 324 valence electrons. The van der Waals surface area contributed by atoms with Gasteiger partial charge in [0.1, 0.15) is 6.29 Å². The standard InChI is InChI=1S/C56H67N4O2.Zn/c1-3-5-7-9-11-13-15-17-19-21-45-47-31-32-48(57-47)46(22-20-18-16-14-12-10-8-6-4-2)50-34-36-52(59-50)56(44-29-25-42(40-62)26-30-44)54-38-37-53(60-54)55(51-35-33-49(45)58-51)43-27-23-41(39-61)24-28-43;/h23-39,62H,3-22,40H2,1-2H3,(H-,57,58,59,60,61);/q-1;+2/p-1. The minimum Gasteiger partial charge on any atom is -0.657 e. The third-order valence-corrected chi connectivity index (χ3v) is 12.6. The molecule has 2 aromatic carbocycles. The average molecular weight is 893 g/mol. The van der Waals surface area contributed by atoms with Crippen LogP contribution in [0, 0.1) is 0 Å². The Morgan fingerprint density at radius 2 is 0.825 bits per heavy atom. The van der Waals surface area contributed by atoms with Crippen LogP contribution in [0.5, 0.6) is 0 Å². The Bertz CT molecular complexity index is 2460. The van der Waals surface area contributed by atoms with E-state index < -0.39 is 0 Å². The van der Waals surface area contributed by atoms with Crippen LogP contribution in [0.3, 0.4) is 0 Å². The van der Waals surface area contributed by atoms with Crippen LogP contribution >= 0.6 is 0 Å². The van der Waals surface area contributed by atoms with E-state index in [0.717, 1.165) is 105 Å². The third-order valence-electron chi connectivity index (χ3n) is 12.6. The second kappa shape index (κ2) is 25.0. The minimum absolute atomic E-state index is 0. The van der Waals surface area contributed by atoms with E-state index in [-0.39, 0.29) is 26.1 Å². The van der Waals surface area contributed by atoms with Crippen molar-refractivity contribution in [2.24, 2.45) is 0 Å². The van der Waals surface area contributed by atoms with E-state index in [2.05, 4.69) is 74.5 Å². The number of aliphatic hydroxyl groups excluding tert-OH is 1. The first kappa shape index (κ1) is 47.8. The van der Waals surface area contributed by atoms with Gasteiger partial charge in [0, 0.05) is 5.56 Å². The zero-order valence-electron chi connectivity index (χ0n) is 38.0. The van der Waals surface area contributed by atoms with Crippen LogP contribution in [0.1, 0.15) is 179 Å². The summed E-state index contributed by atoms with van der Waals surface area (Å²) in [6.07, 6.45) is 34.3. The summed E-state index contributed by atoms with van der Waals surface area (Å²) in [6.45, 7) is 4.54. The van der Waals surface area contributed by atoms with Gasteiger partial charge in [-0.05, 0) is 88.9 Å². The maximum absolute atomic E-state index is 11.7. The van der Waals surface area contributed by atoms with Crippen molar-refractivity contribution in [3.63, 3.8) is 0 Å². The monoisotopic (exact) mass is 890 g/mol. The number of fused-ring (bicyclic) bond motifs is 8. The van der Waals surface area contributed by atoms with Crippen molar-refractivity contribution < 1.29 is 29.4 Å². The van der Waals surface area contributed by atoms with E-state index >= 15 is 0 Å². The number of aryl methyl sites for hydroxylation is 2. The predicted molar refractivity (Wildman–Crippen MR) is 261 cm³/mol. The predicted octanol–water partition coefficient (Wildman–Crippen LogP) is 14.7. The van der Waals surface area contributed by atoms with Crippen LogP contribution in [-0.4, -0.2) is 21.4 Å². The smallest absolute Gasteiger partial charge is 0.657 e. The number of carbonyl (C=O) groups excluding carboxylic acids is 1. The second-order valence-corrected chi connectivity index (χ2v) is 17.3. The number of aliphatic hydroxyl groups is 1. The summed E-state index contributed by atoms with van der Waals surface area (Å²) in [5.41, 5.74) is 14.8. The first-order valence-electron chi connectivity index (χ1n) is 23.9. The maximum Gasteiger partial charge on any atom is 2.00 e. The molecule has 0 saturated heterocycles. The first-order chi connectivity index (χ1) is 30.6. The molecular formula is C56H66N4O2Zn. The first-order valence-corrected chi connectivity index (χ1v) is 23.9. The van der Waals surface area contributed by atoms with Crippen molar-refractivity contribution in [2.75, 3.05) is 0 Å². The van der Waals surface area contributed by atoms with Crippen molar-refractivity contribution in [1.82, 2.24) is 19.9 Å². The molecule has 2 aliphatic heterocycles. The van der Waals surface area contributed by atoms with Crippen LogP contribution in [-0.2, 0) is 38.9 Å². The van der Waals surface area contributed by atoms with Gasteiger partial charge in [-0.25, -0.2) is 9.97 Å². The summed E-state index contributed by atoms with van der Waals surface area (Å²) < 4.78 is 0. The molecule has 2 aliphatic rings. The number of rotatable bonds is 24. The molecule has 3 aromatic heterocycles. The molecule has 7 heteroatoms. The van der Waals surface area contributed by atoms with Crippen molar-refractivity contribution in [3.8, 4) is 22.3 Å². The van der Waals surface area contributed by atoms with Crippen molar-refractivity contribution >= 4 is 52.7 Å². The van der Waals surface area contributed by atoms with Gasteiger partial charge < -0.3 is 15.1 Å². The van der Waals surface area contributed by atoms with Crippen molar-refractivity contribution in [1.29, 1.82) is 0 Å². The van der Waals surface area contributed by atoms with Crippen molar-refractivity contribution in [3.05, 3.63) is 118 Å². The molecule has 0 unspecified atom stereocenters. The molecule has 0 fully saturated rings. The van der Waals surface area contributed by atoms with Gasteiger partial charge in [-0.2, -0.15) is 0 Å². The number of aldehydes is 1. The number of unbranched alkanes of at least 4 members (excludes halogenated alkanes) is 16. The van der Waals surface area contributed by atoms with Crippen LogP contribution in [0.2, 0.25) is 0 Å². The van der Waals surface area contributed by atoms with Crippen LogP contribution < -0.4 is 9.97 Å². The van der Waals surface area contributed by atoms with E-state index in [9.17, 15) is 9.90 Å². The van der Waals surface area contributed by atoms with Gasteiger partial charge in [-0.1, -0.05) is 189 Å². The molecule has 0 radical (unpaired) electrons. The topological polar surface area (TPSA) is 91.3 Å². The molecule has 63 heavy (non-hydrogen) atoms. The van der Waals surface area contributed by atoms with E-state index in [1.807, 2.05) is 36.4 Å². The molecule has 0 spiro atoms. The third kappa shape index (κ3) is 12.7. The van der Waals surface area contributed by atoms with E-state index in [4.69, 9.17) is 19.9 Å². The van der Waals surface area contributed by atoms with E-state index in [1.165, 1.54) is 114 Å². The fraction of sp³-hybridized carbons (Fsp3) is 0.411. The molecule has 5 heterocycles.